The van der Waals surface area contributed by atoms with Gasteiger partial charge >= 0.3 is 0 Å². The summed E-state index contributed by atoms with van der Waals surface area (Å²) < 4.78 is 12.4. The Morgan fingerprint density at radius 1 is 1.00 bits per heavy atom. The van der Waals surface area contributed by atoms with Crippen molar-refractivity contribution in [2.24, 2.45) is 4.99 Å². The SMILES string of the molecule is CCOc1cc(C2=Nc3cccc4cccc(c34)N2)cc(Br)c1OCC. The molecule has 0 aliphatic carbocycles. The summed E-state index contributed by atoms with van der Waals surface area (Å²) in [6.45, 7) is 5.06. The van der Waals surface area contributed by atoms with Crippen molar-refractivity contribution in [2.75, 3.05) is 18.5 Å². The van der Waals surface area contributed by atoms with Crippen LogP contribution in [0.15, 0.2) is 58.0 Å². The Hall–Kier alpha value is -2.53. The summed E-state index contributed by atoms with van der Waals surface area (Å²) in [5.74, 6) is 2.22. The Morgan fingerprint density at radius 2 is 1.77 bits per heavy atom. The average molecular weight is 411 g/mol. The molecule has 26 heavy (non-hydrogen) atoms. The minimum Gasteiger partial charge on any atom is -0.490 e. The van der Waals surface area contributed by atoms with E-state index in [1.165, 1.54) is 5.39 Å². The molecule has 5 heteroatoms. The number of amidine groups is 1. The number of benzene rings is 3. The van der Waals surface area contributed by atoms with Crippen LogP contribution in [0, 0.1) is 0 Å². The molecule has 1 N–H and O–H groups in total. The molecule has 1 heterocycles. The predicted octanol–water partition coefficient (Wildman–Crippen LogP) is 5.90. The first-order chi connectivity index (χ1) is 12.7. The van der Waals surface area contributed by atoms with Gasteiger partial charge in [-0.1, -0.05) is 24.3 Å². The molecule has 0 saturated carbocycles. The van der Waals surface area contributed by atoms with Gasteiger partial charge in [0.25, 0.3) is 0 Å². The van der Waals surface area contributed by atoms with Crippen molar-refractivity contribution < 1.29 is 9.47 Å². The third-order valence-corrected chi connectivity index (χ3v) is 4.83. The quantitative estimate of drug-likeness (QED) is 0.568. The van der Waals surface area contributed by atoms with Crippen molar-refractivity contribution >= 4 is 43.9 Å². The van der Waals surface area contributed by atoms with Gasteiger partial charge in [0.2, 0.25) is 0 Å². The van der Waals surface area contributed by atoms with E-state index in [-0.39, 0.29) is 0 Å². The van der Waals surface area contributed by atoms with Gasteiger partial charge in [-0.3, -0.25) is 0 Å². The molecule has 0 spiro atoms. The number of rotatable bonds is 5. The van der Waals surface area contributed by atoms with E-state index in [1.807, 2.05) is 38.1 Å². The maximum absolute atomic E-state index is 5.79. The smallest absolute Gasteiger partial charge is 0.175 e. The monoisotopic (exact) mass is 410 g/mol. The largest absolute Gasteiger partial charge is 0.490 e. The molecule has 0 unspecified atom stereocenters. The van der Waals surface area contributed by atoms with E-state index in [0.717, 1.165) is 38.4 Å². The Labute approximate surface area is 161 Å². The van der Waals surface area contributed by atoms with Crippen LogP contribution in [0.25, 0.3) is 10.8 Å². The van der Waals surface area contributed by atoms with Crippen LogP contribution in [0.1, 0.15) is 19.4 Å². The van der Waals surface area contributed by atoms with E-state index in [1.54, 1.807) is 0 Å². The van der Waals surface area contributed by atoms with Crippen molar-refractivity contribution in [2.45, 2.75) is 13.8 Å². The maximum atomic E-state index is 5.79. The zero-order chi connectivity index (χ0) is 18.1. The summed E-state index contributed by atoms with van der Waals surface area (Å²) in [5, 5.41) is 5.78. The lowest BCUT2D eigenvalue weighted by Crippen LogP contribution is -2.16. The Bertz CT molecular complexity index is 1010. The van der Waals surface area contributed by atoms with Crippen LogP contribution in [-0.4, -0.2) is 19.0 Å². The Morgan fingerprint density at radius 3 is 2.54 bits per heavy atom. The highest BCUT2D eigenvalue weighted by atomic mass is 79.9. The normalized spacial score (nSPS) is 12.5. The third kappa shape index (κ3) is 2.92. The van der Waals surface area contributed by atoms with E-state index in [9.17, 15) is 0 Å². The van der Waals surface area contributed by atoms with Crippen molar-refractivity contribution in [3.63, 3.8) is 0 Å². The Kier molecular flexibility index (Phi) is 4.55. The highest BCUT2D eigenvalue weighted by Crippen LogP contribution is 2.40. The minimum absolute atomic E-state index is 0.567. The van der Waals surface area contributed by atoms with Crippen LogP contribution in [-0.2, 0) is 0 Å². The number of ether oxygens (including phenoxy) is 2. The number of anilines is 1. The number of aliphatic imine (C=N–C) groups is 1. The van der Waals surface area contributed by atoms with Gasteiger partial charge < -0.3 is 14.8 Å². The number of halogens is 1. The van der Waals surface area contributed by atoms with Crippen LogP contribution >= 0.6 is 15.9 Å². The highest BCUT2D eigenvalue weighted by Gasteiger charge is 2.19. The molecule has 0 atom stereocenters. The standard InChI is InChI=1S/C21H19BrN2O2/c1-3-25-18-12-14(11-15(22)20(18)26-4-2)21-23-16-9-5-7-13-8-6-10-17(24-21)19(13)16/h5-12H,3-4H2,1-2H3,(H,23,24). The molecular weight excluding hydrogens is 392 g/mol. The van der Waals surface area contributed by atoms with Crippen molar-refractivity contribution in [3.8, 4) is 11.5 Å². The zero-order valence-electron chi connectivity index (χ0n) is 14.7. The zero-order valence-corrected chi connectivity index (χ0v) is 16.3. The van der Waals surface area contributed by atoms with Gasteiger partial charge in [0.1, 0.15) is 5.84 Å². The second-order valence-corrected chi connectivity index (χ2v) is 6.77. The van der Waals surface area contributed by atoms with Crippen LogP contribution in [0.3, 0.4) is 0 Å². The summed E-state index contributed by atoms with van der Waals surface area (Å²) in [6, 6.07) is 16.4. The molecule has 4 nitrogen and oxygen atoms in total. The van der Waals surface area contributed by atoms with Gasteiger partial charge in [-0.25, -0.2) is 4.99 Å². The van der Waals surface area contributed by atoms with Crippen molar-refractivity contribution in [1.82, 2.24) is 0 Å². The second-order valence-electron chi connectivity index (χ2n) is 5.92. The summed E-state index contributed by atoms with van der Waals surface area (Å²) in [4.78, 5) is 4.84. The molecule has 4 rings (SSSR count). The van der Waals surface area contributed by atoms with E-state index in [4.69, 9.17) is 14.5 Å². The van der Waals surface area contributed by atoms with Gasteiger partial charge in [0, 0.05) is 16.6 Å². The lowest BCUT2D eigenvalue weighted by molar-refractivity contribution is 0.286. The lowest BCUT2D eigenvalue weighted by atomic mass is 10.0. The number of hydrogen-bond acceptors (Lipinski definition) is 4. The molecule has 0 radical (unpaired) electrons. The molecular formula is C21H19BrN2O2. The van der Waals surface area contributed by atoms with Gasteiger partial charge in [0.05, 0.1) is 23.4 Å². The van der Waals surface area contributed by atoms with Crippen molar-refractivity contribution in [3.05, 3.63) is 58.6 Å². The second kappa shape index (κ2) is 7.00. The fourth-order valence-electron chi connectivity index (χ4n) is 3.18. The molecule has 0 bridgehead atoms. The first-order valence-corrected chi connectivity index (χ1v) is 9.47. The molecule has 0 saturated heterocycles. The minimum atomic E-state index is 0.567. The van der Waals surface area contributed by atoms with Crippen molar-refractivity contribution in [1.29, 1.82) is 0 Å². The molecule has 0 amide bonds. The fourth-order valence-corrected chi connectivity index (χ4v) is 3.74. The molecule has 0 aromatic heterocycles. The third-order valence-electron chi connectivity index (χ3n) is 4.24. The van der Waals surface area contributed by atoms with Crippen LogP contribution in [0.5, 0.6) is 11.5 Å². The van der Waals surface area contributed by atoms with E-state index < -0.39 is 0 Å². The van der Waals surface area contributed by atoms with E-state index >= 15 is 0 Å². The molecule has 1 aliphatic heterocycles. The van der Waals surface area contributed by atoms with Crippen LogP contribution in [0.4, 0.5) is 11.4 Å². The number of hydrogen-bond donors (Lipinski definition) is 1. The predicted molar refractivity (Wildman–Crippen MR) is 110 cm³/mol. The van der Waals surface area contributed by atoms with Gasteiger partial charge in [-0.2, -0.15) is 0 Å². The lowest BCUT2D eigenvalue weighted by Gasteiger charge is -2.20. The molecule has 0 fully saturated rings. The van der Waals surface area contributed by atoms with Crippen LogP contribution in [0.2, 0.25) is 0 Å². The summed E-state index contributed by atoms with van der Waals surface area (Å²) >= 11 is 3.61. The number of nitrogens with one attached hydrogen (secondary N) is 1. The van der Waals surface area contributed by atoms with Gasteiger partial charge in [-0.15, -0.1) is 0 Å². The summed E-state index contributed by atoms with van der Waals surface area (Å²) in [6.07, 6.45) is 0. The first kappa shape index (κ1) is 16.9. The van der Waals surface area contributed by atoms with E-state index in [0.29, 0.717) is 19.0 Å². The molecule has 3 aromatic rings. The topological polar surface area (TPSA) is 42.8 Å². The fraction of sp³-hybridized carbons (Fsp3) is 0.190. The summed E-state index contributed by atoms with van der Waals surface area (Å²) in [5.41, 5.74) is 2.97. The van der Waals surface area contributed by atoms with Gasteiger partial charge in [0.15, 0.2) is 11.5 Å². The van der Waals surface area contributed by atoms with E-state index in [2.05, 4.69) is 45.5 Å². The Balaban J connectivity index is 1.83. The summed E-state index contributed by atoms with van der Waals surface area (Å²) in [7, 11) is 0. The van der Waals surface area contributed by atoms with Gasteiger partial charge in [-0.05, 0) is 59.4 Å². The van der Waals surface area contributed by atoms with Crippen LogP contribution < -0.4 is 14.8 Å². The highest BCUT2D eigenvalue weighted by molar-refractivity contribution is 9.10. The average Bonchev–Trinajstić information content (AvgIpc) is 2.65. The molecule has 1 aliphatic rings. The maximum Gasteiger partial charge on any atom is 0.175 e. The molecule has 132 valence electrons. The number of nitrogens with zero attached hydrogens (tertiary/aromatic N) is 1. The molecule has 3 aromatic carbocycles. The first-order valence-electron chi connectivity index (χ1n) is 8.68.